The number of thioether (sulfide) groups is 1. The number of nitrogens with zero attached hydrogens (tertiary/aromatic N) is 3. The highest BCUT2D eigenvalue weighted by atomic mass is 35.5. The Kier molecular flexibility index (Phi) is 8.73. The van der Waals surface area contributed by atoms with Crippen molar-refractivity contribution in [2.45, 2.75) is 55.5 Å². The maximum atomic E-state index is 13.2. The Hall–Kier alpha value is -2.88. The lowest BCUT2D eigenvalue weighted by atomic mass is 9.89. The molecule has 1 saturated heterocycles. The first kappa shape index (κ1) is 29.1. The number of esters is 2. The molecule has 0 spiro atoms. The number of halogens is 4. The van der Waals surface area contributed by atoms with Crippen LogP contribution in [0.25, 0.3) is 11.4 Å². The Morgan fingerprint density at radius 1 is 1.28 bits per heavy atom. The number of carbonyl (C=O) groups excluding carboxylic acids is 2. The predicted molar refractivity (Wildman–Crippen MR) is 135 cm³/mol. The van der Waals surface area contributed by atoms with Crippen molar-refractivity contribution in [3.63, 3.8) is 0 Å². The fraction of sp³-hybridized carbons (Fsp3) is 0.435. The van der Waals surface area contributed by atoms with Gasteiger partial charge in [0.25, 0.3) is 0 Å². The molecule has 0 saturated carbocycles. The first-order valence-corrected chi connectivity index (χ1v) is 13.6. The smallest absolute Gasteiger partial charge is 0.417 e. The van der Waals surface area contributed by atoms with Gasteiger partial charge < -0.3 is 19.2 Å². The van der Waals surface area contributed by atoms with Crippen molar-refractivity contribution >= 4 is 46.6 Å². The number of H-pyrrole nitrogens is 1. The van der Waals surface area contributed by atoms with Crippen molar-refractivity contribution in [3.05, 3.63) is 50.0 Å². The van der Waals surface area contributed by atoms with Gasteiger partial charge in [0.2, 0.25) is 0 Å². The third-order valence-corrected chi connectivity index (χ3v) is 8.02. The minimum Gasteiger partial charge on any atom is -0.463 e. The minimum atomic E-state index is -4.63. The summed E-state index contributed by atoms with van der Waals surface area (Å²) >= 11 is 7.86. The summed E-state index contributed by atoms with van der Waals surface area (Å²) in [6, 6.07) is 2.55. The third-order valence-electron chi connectivity index (χ3n) is 5.90. The second-order valence-electron chi connectivity index (χ2n) is 8.67. The van der Waals surface area contributed by atoms with E-state index in [9.17, 15) is 27.6 Å². The van der Waals surface area contributed by atoms with Crippen LogP contribution in [0.15, 0.2) is 39.5 Å². The fourth-order valence-corrected chi connectivity index (χ4v) is 6.21. The number of aromatic amines is 1. The number of rotatable bonds is 7. The summed E-state index contributed by atoms with van der Waals surface area (Å²) < 4.78 is 58.1. The fourth-order valence-electron chi connectivity index (χ4n) is 4.13. The summed E-state index contributed by atoms with van der Waals surface area (Å²) in [4.78, 5) is 38.0. The summed E-state index contributed by atoms with van der Waals surface area (Å²) in [6.45, 7) is 4.11. The lowest BCUT2D eigenvalue weighted by Crippen LogP contribution is -2.52. The summed E-state index contributed by atoms with van der Waals surface area (Å²) in [5.74, 6) is -1.61. The van der Waals surface area contributed by atoms with Gasteiger partial charge in [0, 0.05) is 30.0 Å². The van der Waals surface area contributed by atoms with Crippen molar-refractivity contribution in [2.24, 2.45) is 5.92 Å². The van der Waals surface area contributed by atoms with Gasteiger partial charge >= 0.3 is 23.0 Å². The number of benzene rings is 1. The van der Waals surface area contributed by atoms with E-state index < -0.39 is 58.3 Å². The molecule has 1 aliphatic rings. The second kappa shape index (κ2) is 11.7. The number of alkyl halides is 3. The number of thiazole rings is 1. The van der Waals surface area contributed by atoms with E-state index in [1.54, 1.807) is 18.5 Å². The molecule has 1 aromatic carbocycles. The minimum absolute atomic E-state index is 0.135. The van der Waals surface area contributed by atoms with Crippen LogP contribution in [-0.4, -0.2) is 56.2 Å². The van der Waals surface area contributed by atoms with Crippen LogP contribution in [0.1, 0.15) is 32.4 Å². The van der Waals surface area contributed by atoms with Gasteiger partial charge in [0.05, 0.1) is 34.6 Å². The molecule has 5 atom stereocenters. The molecule has 0 aliphatic carbocycles. The monoisotopic (exact) mass is 606 g/mol. The summed E-state index contributed by atoms with van der Waals surface area (Å²) in [5, 5.41) is 9.41. The normalized spacial score (nSPS) is 23.4. The van der Waals surface area contributed by atoms with Crippen molar-refractivity contribution in [2.75, 3.05) is 6.61 Å². The molecule has 1 N–H and O–H groups in total. The molecule has 10 nitrogen and oxygen atoms in total. The molecule has 3 aromatic rings. The number of hydrogen-bond donors (Lipinski definition) is 1. The Balaban J connectivity index is 1.72. The van der Waals surface area contributed by atoms with Crippen molar-refractivity contribution < 1.29 is 37.0 Å². The molecule has 4 rings (SSSR count). The zero-order valence-electron chi connectivity index (χ0n) is 20.6. The zero-order valence-corrected chi connectivity index (χ0v) is 23.0. The molecule has 3 heterocycles. The van der Waals surface area contributed by atoms with E-state index in [1.807, 2.05) is 0 Å². The Bertz CT molecular complexity index is 1410. The van der Waals surface area contributed by atoms with E-state index in [4.69, 9.17) is 25.8 Å². The van der Waals surface area contributed by atoms with Crippen molar-refractivity contribution in [1.29, 1.82) is 0 Å². The Morgan fingerprint density at radius 3 is 2.62 bits per heavy atom. The zero-order chi connectivity index (χ0) is 28.5. The van der Waals surface area contributed by atoms with Crippen LogP contribution in [0, 0.1) is 5.92 Å². The van der Waals surface area contributed by atoms with Crippen LogP contribution in [0.2, 0.25) is 5.02 Å². The standard InChI is InChI=1S/C23H22ClF3N4O6S2/c1-10-18(8-35-11(2)32)37-21(39-13-4-5-14(15(24)6-13)23(25,26)27)20(36-12(3)33)19(10)31-7-16(29-30-31)17-9-38-22(34)28-17/h4-7,9-10,18-21H,8H2,1-3H3,(H,28,34)/t10-,18?,19?,20-,21+/m0/s1. The highest BCUT2D eigenvalue weighted by Gasteiger charge is 2.48. The molecule has 1 fully saturated rings. The first-order valence-electron chi connectivity index (χ1n) is 11.4. The molecule has 2 unspecified atom stereocenters. The van der Waals surface area contributed by atoms with Gasteiger partial charge in [0.15, 0.2) is 6.10 Å². The van der Waals surface area contributed by atoms with Gasteiger partial charge in [0.1, 0.15) is 17.7 Å². The van der Waals surface area contributed by atoms with Crippen LogP contribution in [0.4, 0.5) is 13.2 Å². The molecule has 2 aromatic heterocycles. The van der Waals surface area contributed by atoms with Crippen LogP contribution in [0.3, 0.4) is 0 Å². The van der Waals surface area contributed by atoms with Crippen molar-refractivity contribution in [1.82, 2.24) is 20.0 Å². The van der Waals surface area contributed by atoms with E-state index >= 15 is 0 Å². The molecule has 0 amide bonds. The van der Waals surface area contributed by atoms with Gasteiger partial charge in [-0.2, -0.15) is 13.2 Å². The van der Waals surface area contributed by atoms with Gasteiger partial charge in [-0.3, -0.25) is 14.4 Å². The molecule has 16 heteroatoms. The average Bonchev–Trinajstić information content (AvgIpc) is 3.48. The van der Waals surface area contributed by atoms with Crippen LogP contribution >= 0.6 is 34.7 Å². The Morgan fingerprint density at radius 2 is 2.03 bits per heavy atom. The van der Waals surface area contributed by atoms with E-state index in [0.29, 0.717) is 16.3 Å². The van der Waals surface area contributed by atoms with Gasteiger partial charge in [-0.05, 0) is 18.2 Å². The summed E-state index contributed by atoms with van der Waals surface area (Å²) in [6.07, 6.45) is -4.76. The summed E-state index contributed by atoms with van der Waals surface area (Å²) in [5.41, 5.74) is -1.14. The number of ether oxygens (including phenoxy) is 3. The van der Waals surface area contributed by atoms with E-state index in [0.717, 1.165) is 35.2 Å². The average molecular weight is 607 g/mol. The third kappa shape index (κ3) is 6.83. The highest BCUT2D eigenvalue weighted by Crippen LogP contribution is 2.44. The number of hydrogen-bond acceptors (Lipinski definition) is 10. The van der Waals surface area contributed by atoms with E-state index in [-0.39, 0.29) is 11.5 Å². The SMILES string of the molecule is CC(=O)OCC1O[C@H](Sc2ccc(C(F)(F)F)c(Cl)c2)[C@@H](OC(C)=O)C(n2cc(-c3csc(=O)[nH]3)nn2)[C@H]1C. The molecule has 0 bridgehead atoms. The number of carbonyl (C=O) groups is 2. The largest absolute Gasteiger partial charge is 0.463 e. The maximum Gasteiger partial charge on any atom is 0.417 e. The molecule has 0 radical (unpaired) electrons. The predicted octanol–water partition coefficient (Wildman–Crippen LogP) is 4.56. The van der Waals surface area contributed by atoms with Gasteiger partial charge in [-0.15, -0.1) is 5.10 Å². The number of nitrogens with one attached hydrogen (secondary N) is 1. The lowest BCUT2D eigenvalue weighted by molar-refractivity contribution is -0.185. The van der Waals surface area contributed by atoms with E-state index in [2.05, 4.69) is 15.3 Å². The van der Waals surface area contributed by atoms with Crippen LogP contribution in [0.5, 0.6) is 0 Å². The molecular weight excluding hydrogens is 585 g/mol. The van der Waals surface area contributed by atoms with Gasteiger partial charge in [-0.1, -0.05) is 46.8 Å². The quantitative estimate of drug-likeness (QED) is 0.385. The molecular formula is C23H22ClF3N4O6S2. The molecule has 39 heavy (non-hydrogen) atoms. The molecule has 210 valence electrons. The van der Waals surface area contributed by atoms with Crippen molar-refractivity contribution in [3.8, 4) is 11.4 Å². The van der Waals surface area contributed by atoms with Crippen LogP contribution in [-0.2, 0) is 30.0 Å². The first-order chi connectivity index (χ1) is 18.3. The van der Waals surface area contributed by atoms with Crippen LogP contribution < -0.4 is 4.87 Å². The topological polar surface area (TPSA) is 125 Å². The second-order valence-corrected chi connectivity index (χ2v) is 11.1. The van der Waals surface area contributed by atoms with E-state index in [1.165, 1.54) is 24.6 Å². The highest BCUT2D eigenvalue weighted by molar-refractivity contribution is 7.99. The lowest BCUT2D eigenvalue weighted by Gasteiger charge is -2.44. The Labute approximate surface area is 232 Å². The summed E-state index contributed by atoms with van der Waals surface area (Å²) in [7, 11) is 0. The molecule has 1 aliphatic heterocycles. The van der Waals surface area contributed by atoms with Gasteiger partial charge in [-0.25, -0.2) is 4.68 Å². The number of aromatic nitrogens is 4. The maximum absolute atomic E-state index is 13.2.